The van der Waals surface area contributed by atoms with E-state index < -0.39 is 21.8 Å². The zero-order chi connectivity index (χ0) is 10.3. The molecule has 14 heavy (non-hydrogen) atoms. The Hall–Kier alpha value is -0.114. The quantitative estimate of drug-likeness (QED) is 0.227. The summed E-state index contributed by atoms with van der Waals surface area (Å²) in [4.78, 5) is 10.6. The van der Waals surface area contributed by atoms with Gasteiger partial charge in [-0.25, -0.2) is 4.79 Å². The SMILES string of the molecule is CC=CC(=O)OCCCS(=O)(=O)O.[MgH2]. The lowest BCUT2D eigenvalue weighted by molar-refractivity contribution is -0.137. The van der Waals surface area contributed by atoms with E-state index in [1.165, 1.54) is 12.2 Å². The van der Waals surface area contributed by atoms with Crippen LogP contribution >= 0.6 is 0 Å². The van der Waals surface area contributed by atoms with Crippen LogP contribution in [0, 0.1) is 0 Å². The first-order chi connectivity index (χ1) is 5.95. The van der Waals surface area contributed by atoms with Crippen LogP contribution < -0.4 is 0 Å². The molecule has 0 saturated carbocycles. The average Bonchev–Trinajstić information content (AvgIpc) is 1.97. The van der Waals surface area contributed by atoms with E-state index in [4.69, 9.17) is 4.55 Å². The molecule has 0 bridgehead atoms. The van der Waals surface area contributed by atoms with Crippen molar-refractivity contribution in [3.8, 4) is 0 Å². The third-order valence-electron chi connectivity index (χ3n) is 1.09. The highest BCUT2D eigenvalue weighted by Crippen LogP contribution is 1.90. The molecule has 0 heterocycles. The Morgan fingerprint density at radius 1 is 1.50 bits per heavy atom. The van der Waals surface area contributed by atoms with Gasteiger partial charge in [0.25, 0.3) is 10.1 Å². The van der Waals surface area contributed by atoms with Crippen LogP contribution in [0.2, 0.25) is 0 Å². The van der Waals surface area contributed by atoms with Gasteiger partial charge < -0.3 is 4.74 Å². The normalized spacial score (nSPS) is 11.0. The highest BCUT2D eigenvalue weighted by atomic mass is 32.2. The van der Waals surface area contributed by atoms with Crippen LogP contribution in [0.1, 0.15) is 13.3 Å². The molecule has 0 spiro atoms. The zero-order valence-corrected chi connectivity index (χ0v) is 8.08. The third kappa shape index (κ3) is 11.9. The highest BCUT2D eigenvalue weighted by molar-refractivity contribution is 7.85. The number of ether oxygens (including phenoxy) is 1. The van der Waals surface area contributed by atoms with Gasteiger partial charge >= 0.3 is 29.0 Å². The molecule has 0 atom stereocenters. The van der Waals surface area contributed by atoms with E-state index in [0.717, 1.165) is 0 Å². The molecular formula is C7H14MgO5S. The maximum atomic E-state index is 10.6. The molecule has 7 heteroatoms. The van der Waals surface area contributed by atoms with E-state index in [9.17, 15) is 13.2 Å². The van der Waals surface area contributed by atoms with Gasteiger partial charge in [0.1, 0.15) is 0 Å². The van der Waals surface area contributed by atoms with Crippen molar-refractivity contribution in [2.24, 2.45) is 0 Å². The maximum Gasteiger partial charge on any atom is 0.330 e. The predicted molar refractivity (Wildman–Crippen MR) is 55.3 cm³/mol. The Bertz CT molecular complexity index is 282. The summed E-state index contributed by atoms with van der Waals surface area (Å²) < 4.78 is 33.3. The molecule has 0 aromatic heterocycles. The molecule has 0 saturated heterocycles. The van der Waals surface area contributed by atoms with Crippen LogP contribution in [0.4, 0.5) is 0 Å². The Morgan fingerprint density at radius 3 is 2.50 bits per heavy atom. The molecule has 0 aliphatic carbocycles. The molecule has 80 valence electrons. The molecule has 0 aliphatic heterocycles. The van der Waals surface area contributed by atoms with Gasteiger partial charge in [-0.1, -0.05) is 6.08 Å². The molecule has 0 rings (SSSR count). The van der Waals surface area contributed by atoms with Crippen molar-refractivity contribution in [1.82, 2.24) is 0 Å². The maximum absolute atomic E-state index is 10.6. The first kappa shape index (κ1) is 16.3. The van der Waals surface area contributed by atoms with E-state index in [1.807, 2.05) is 0 Å². The van der Waals surface area contributed by atoms with Gasteiger partial charge in [0, 0.05) is 6.08 Å². The van der Waals surface area contributed by atoms with E-state index in [0.29, 0.717) is 0 Å². The van der Waals surface area contributed by atoms with Crippen LogP contribution in [0.25, 0.3) is 0 Å². The van der Waals surface area contributed by atoms with E-state index in [-0.39, 0.29) is 36.1 Å². The van der Waals surface area contributed by atoms with Crippen LogP contribution in [0.3, 0.4) is 0 Å². The fourth-order valence-corrected chi connectivity index (χ4v) is 1.08. The molecular weight excluding hydrogens is 220 g/mol. The summed E-state index contributed by atoms with van der Waals surface area (Å²) in [6.45, 7) is 1.66. The second-order valence-corrected chi connectivity index (χ2v) is 3.88. The molecule has 0 unspecified atom stereocenters. The molecule has 5 nitrogen and oxygen atoms in total. The van der Waals surface area contributed by atoms with Crippen LogP contribution in [-0.2, 0) is 19.6 Å². The van der Waals surface area contributed by atoms with E-state index >= 15 is 0 Å². The Kier molecular flexibility index (Phi) is 9.58. The highest BCUT2D eigenvalue weighted by Gasteiger charge is 2.04. The molecule has 0 aromatic rings. The minimum atomic E-state index is -3.94. The molecule has 1 N–H and O–H groups in total. The van der Waals surface area contributed by atoms with Crippen molar-refractivity contribution in [1.29, 1.82) is 0 Å². The van der Waals surface area contributed by atoms with Crippen LogP contribution in [-0.4, -0.2) is 54.4 Å². The summed E-state index contributed by atoms with van der Waals surface area (Å²) in [5, 5.41) is 0. The number of esters is 1. The van der Waals surface area contributed by atoms with E-state index in [2.05, 4.69) is 4.74 Å². The standard InChI is InChI=1S/C7H12O5S.Mg.2H/c1-2-4-7(8)12-5-3-6-13(9,10)11;;;/h2,4H,3,5-6H2,1H3,(H,9,10,11);;;. The number of rotatable bonds is 5. The van der Waals surface area contributed by atoms with Gasteiger partial charge in [0.2, 0.25) is 0 Å². The zero-order valence-electron chi connectivity index (χ0n) is 7.26. The molecule has 0 amide bonds. The van der Waals surface area contributed by atoms with Gasteiger partial charge in [0.15, 0.2) is 0 Å². The minimum absolute atomic E-state index is 0. The van der Waals surface area contributed by atoms with Crippen molar-refractivity contribution < 1.29 is 22.5 Å². The topological polar surface area (TPSA) is 80.7 Å². The number of carbonyl (C=O) groups excluding carboxylic acids is 1. The Balaban J connectivity index is 0. The largest absolute Gasteiger partial charge is 0.463 e. The summed E-state index contributed by atoms with van der Waals surface area (Å²) in [5.41, 5.74) is 0. The second-order valence-electron chi connectivity index (χ2n) is 2.31. The second kappa shape index (κ2) is 8.22. The predicted octanol–water partition coefficient (Wildman–Crippen LogP) is -0.533. The summed E-state index contributed by atoms with van der Waals surface area (Å²) >= 11 is 0. The number of carbonyl (C=O) groups is 1. The van der Waals surface area contributed by atoms with Gasteiger partial charge in [0.05, 0.1) is 12.4 Å². The molecule has 0 aromatic carbocycles. The van der Waals surface area contributed by atoms with Crippen molar-refractivity contribution in [2.75, 3.05) is 12.4 Å². The van der Waals surface area contributed by atoms with Crippen LogP contribution in [0.15, 0.2) is 12.2 Å². The average molecular weight is 235 g/mol. The molecule has 0 radical (unpaired) electrons. The van der Waals surface area contributed by atoms with E-state index in [1.54, 1.807) is 6.92 Å². The van der Waals surface area contributed by atoms with Crippen molar-refractivity contribution >= 4 is 39.1 Å². The molecule has 0 aliphatic rings. The number of hydrogen-bond donors (Lipinski definition) is 1. The summed E-state index contributed by atoms with van der Waals surface area (Å²) in [7, 11) is -3.94. The third-order valence-corrected chi connectivity index (χ3v) is 1.90. The lowest BCUT2D eigenvalue weighted by Gasteiger charge is -1.99. The minimum Gasteiger partial charge on any atom is -0.463 e. The van der Waals surface area contributed by atoms with Gasteiger partial charge in [-0.3, -0.25) is 4.55 Å². The van der Waals surface area contributed by atoms with Crippen molar-refractivity contribution in [3.63, 3.8) is 0 Å². The molecule has 0 fully saturated rings. The van der Waals surface area contributed by atoms with Crippen molar-refractivity contribution in [2.45, 2.75) is 13.3 Å². The fourth-order valence-electron chi connectivity index (χ4n) is 0.598. The van der Waals surface area contributed by atoms with Gasteiger partial charge in [-0.2, -0.15) is 8.42 Å². The summed E-state index contributed by atoms with van der Waals surface area (Å²) in [6.07, 6.45) is 2.85. The first-order valence-corrected chi connectivity index (χ1v) is 5.31. The number of allylic oxidation sites excluding steroid dienone is 1. The smallest absolute Gasteiger partial charge is 0.330 e. The lowest BCUT2D eigenvalue weighted by Crippen LogP contribution is -2.09. The fraction of sp³-hybridized carbons (Fsp3) is 0.571. The van der Waals surface area contributed by atoms with Crippen molar-refractivity contribution in [3.05, 3.63) is 12.2 Å². The lowest BCUT2D eigenvalue weighted by atomic mass is 10.5. The van der Waals surface area contributed by atoms with Crippen LogP contribution in [0.5, 0.6) is 0 Å². The van der Waals surface area contributed by atoms with Gasteiger partial charge in [-0.05, 0) is 13.3 Å². The number of hydrogen-bond acceptors (Lipinski definition) is 4. The Morgan fingerprint density at radius 2 is 2.07 bits per heavy atom. The summed E-state index contributed by atoms with van der Waals surface area (Å²) in [6, 6.07) is 0. The van der Waals surface area contributed by atoms with Gasteiger partial charge in [-0.15, -0.1) is 0 Å². The monoisotopic (exact) mass is 234 g/mol. The summed E-state index contributed by atoms with van der Waals surface area (Å²) in [5.74, 6) is -0.909. The Labute approximate surface area is 99.4 Å². The first-order valence-electron chi connectivity index (χ1n) is 3.70.